The SMILES string of the molecule is Cc1cccc2c(=O)n(CCC(=O)N3CCO[C@H]4CCC[C@@H]43)cnc12. The minimum atomic E-state index is -0.0813. The lowest BCUT2D eigenvalue weighted by Crippen LogP contribution is -2.51. The Kier molecular flexibility index (Phi) is 4.29. The Hall–Kier alpha value is -2.21. The summed E-state index contributed by atoms with van der Waals surface area (Å²) in [4.78, 5) is 31.7. The topological polar surface area (TPSA) is 64.4 Å². The molecule has 6 nitrogen and oxygen atoms in total. The first-order chi connectivity index (χ1) is 12.1. The van der Waals surface area contributed by atoms with Gasteiger partial charge in [0.15, 0.2) is 0 Å². The van der Waals surface area contributed by atoms with E-state index in [4.69, 9.17) is 4.74 Å². The number of carbonyl (C=O) groups is 1. The highest BCUT2D eigenvalue weighted by Crippen LogP contribution is 2.30. The standard InChI is InChI=1S/C19H23N3O3/c1-13-4-2-5-14-18(13)20-12-21(19(14)24)9-8-17(23)22-10-11-25-16-7-3-6-15(16)22/h2,4-5,12,15-16H,3,6-11H2,1H3/t15-,16-/m0/s1. The molecule has 0 bridgehead atoms. The first-order valence-corrected chi connectivity index (χ1v) is 9.01. The Morgan fingerprint density at radius 3 is 3.12 bits per heavy atom. The van der Waals surface area contributed by atoms with Gasteiger partial charge in [-0.1, -0.05) is 12.1 Å². The minimum Gasteiger partial charge on any atom is -0.374 e. The van der Waals surface area contributed by atoms with Gasteiger partial charge in [-0.3, -0.25) is 14.2 Å². The molecule has 2 fully saturated rings. The number of fused-ring (bicyclic) bond motifs is 2. The number of hydrogen-bond acceptors (Lipinski definition) is 4. The van der Waals surface area contributed by atoms with Crippen LogP contribution in [0, 0.1) is 6.92 Å². The van der Waals surface area contributed by atoms with Crippen LogP contribution in [0.25, 0.3) is 10.9 Å². The fraction of sp³-hybridized carbons (Fsp3) is 0.526. The van der Waals surface area contributed by atoms with Crippen molar-refractivity contribution < 1.29 is 9.53 Å². The monoisotopic (exact) mass is 341 g/mol. The maximum Gasteiger partial charge on any atom is 0.261 e. The first kappa shape index (κ1) is 16.3. The smallest absolute Gasteiger partial charge is 0.261 e. The summed E-state index contributed by atoms with van der Waals surface area (Å²) in [5.74, 6) is 0.108. The molecule has 25 heavy (non-hydrogen) atoms. The van der Waals surface area contributed by atoms with E-state index in [1.54, 1.807) is 17.0 Å². The Morgan fingerprint density at radius 2 is 2.24 bits per heavy atom. The number of benzene rings is 1. The van der Waals surface area contributed by atoms with Crippen molar-refractivity contribution in [3.63, 3.8) is 0 Å². The van der Waals surface area contributed by atoms with Gasteiger partial charge in [-0.05, 0) is 37.8 Å². The summed E-state index contributed by atoms with van der Waals surface area (Å²) in [5, 5.41) is 0.608. The van der Waals surface area contributed by atoms with E-state index >= 15 is 0 Å². The van der Waals surface area contributed by atoms with Crippen molar-refractivity contribution in [2.75, 3.05) is 13.2 Å². The quantitative estimate of drug-likeness (QED) is 0.855. The van der Waals surface area contributed by atoms with Gasteiger partial charge >= 0.3 is 0 Å². The predicted octanol–water partition coefficient (Wildman–Crippen LogP) is 1.87. The summed E-state index contributed by atoms with van der Waals surface area (Å²) in [6.45, 7) is 3.58. The second kappa shape index (κ2) is 6.59. The molecule has 6 heteroatoms. The maximum absolute atomic E-state index is 12.7. The zero-order valence-electron chi connectivity index (χ0n) is 14.5. The summed E-state index contributed by atoms with van der Waals surface area (Å²) in [6, 6.07) is 5.82. The average molecular weight is 341 g/mol. The van der Waals surface area contributed by atoms with Crippen LogP contribution in [0.2, 0.25) is 0 Å². The maximum atomic E-state index is 12.7. The Labute approximate surface area is 146 Å². The van der Waals surface area contributed by atoms with Gasteiger partial charge in [-0.25, -0.2) is 4.98 Å². The van der Waals surface area contributed by atoms with Crippen LogP contribution in [0.1, 0.15) is 31.2 Å². The number of rotatable bonds is 3. The van der Waals surface area contributed by atoms with Gasteiger partial charge in [0.2, 0.25) is 5.91 Å². The van der Waals surface area contributed by atoms with Crippen LogP contribution >= 0.6 is 0 Å². The number of aryl methyl sites for hydroxylation is 2. The van der Waals surface area contributed by atoms with Crippen LogP contribution < -0.4 is 5.56 Å². The molecule has 1 aliphatic carbocycles. The third-order valence-electron chi connectivity index (χ3n) is 5.42. The molecule has 0 spiro atoms. The number of amides is 1. The summed E-state index contributed by atoms with van der Waals surface area (Å²) >= 11 is 0. The van der Waals surface area contributed by atoms with Crippen LogP contribution in [0.3, 0.4) is 0 Å². The van der Waals surface area contributed by atoms with E-state index < -0.39 is 0 Å². The molecule has 0 N–H and O–H groups in total. The highest BCUT2D eigenvalue weighted by Gasteiger charge is 2.38. The molecule has 0 radical (unpaired) electrons. The van der Waals surface area contributed by atoms with E-state index in [-0.39, 0.29) is 23.6 Å². The lowest BCUT2D eigenvalue weighted by atomic mass is 10.1. The van der Waals surface area contributed by atoms with Gasteiger partial charge in [-0.15, -0.1) is 0 Å². The lowest BCUT2D eigenvalue weighted by molar-refractivity contribution is -0.144. The van der Waals surface area contributed by atoms with Crippen molar-refractivity contribution in [2.24, 2.45) is 0 Å². The van der Waals surface area contributed by atoms with Gasteiger partial charge < -0.3 is 9.64 Å². The van der Waals surface area contributed by atoms with Gasteiger partial charge in [0.25, 0.3) is 5.56 Å². The van der Waals surface area contributed by atoms with Crippen molar-refractivity contribution in [2.45, 2.75) is 51.3 Å². The summed E-state index contributed by atoms with van der Waals surface area (Å²) in [5.41, 5.74) is 1.64. The second-order valence-electron chi connectivity index (χ2n) is 6.96. The van der Waals surface area contributed by atoms with E-state index in [1.807, 2.05) is 24.0 Å². The van der Waals surface area contributed by atoms with E-state index in [1.165, 1.54) is 0 Å². The van der Waals surface area contributed by atoms with Crippen LogP contribution in [-0.4, -0.2) is 45.7 Å². The van der Waals surface area contributed by atoms with Crippen LogP contribution in [-0.2, 0) is 16.1 Å². The van der Waals surface area contributed by atoms with Crippen molar-refractivity contribution in [1.82, 2.24) is 14.5 Å². The molecule has 4 rings (SSSR count). The molecule has 1 aromatic carbocycles. The highest BCUT2D eigenvalue weighted by molar-refractivity contribution is 5.80. The van der Waals surface area contributed by atoms with Gasteiger partial charge in [0.05, 0.1) is 36.0 Å². The zero-order valence-corrected chi connectivity index (χ0v) is 14.5. The molecule has 2 heterocycles. The minimum absolute atomic E-state index is 0.0813. The second-order valence-corrected chi connectivity index (χ2v) is 6.96. The number of morpholine rings is 1. The van der Waals surface area contributed by atoms with Crippen molar-refractivity contribution in [3.8, 4) is 0 Å². The number of ether oxygens (including phenoxy) is 1. The van der Waals surface area contributed by atoms with Gasteiger partial charge in [0.1, 0.15) is 0 Å². The number of para-hydroxylation sites is 1. The largest absolute Gasteiger partial charge is 0.374 e. The van der Waals surface area contributed by atoms with Crippen molar-refractivity contribution in [3.05, 3.63) is 40.4 Å². The number of carbonyl (C=O) groups excluding carboxylic acids is 1. The molecular weight excluding hydrogens is 318 g/mol. The van der Waals surface area contributed by atoms with Crippen molar-refractivity contribution in [1.29, 1.82) is 0 Å². The molecule has 1 aliphatic heterocycles. The average Bonchev–Trinajstić information content (AvgIpc) is 3.10. The first-order valence-electron chi connectivity index (χ1n) is 9.01. The normalized spacial score (nSPS) is 23.0. The molecule has 2 aliphatic rings. The molecule has 1 aromatic heterocycles. The molecule has 1 amide bonds. The zero-order chi connectivity index (χ0) is 17.4. The lowest BCUT2D eigenvalue weighted by Gasteiger charge is -2.37. The van der Waals surface area contributed by atoms with Gasteiger partial charge in [0, 0.05) is 19.5 Å². The fourth-order valence-electron chi connectivity index (χ4n) is 4.09. The molecule has 2 aromatic rings. The van der Waals surface area contributed by atoms with Crippen LogP contribution in [0.5, 0.6) is 0 Å². The van der Waals surface area contributed by atoms with E-state index in [0.717, 1.165) is 30.3 Å². The molecule has 1 saturated carbocycles. The van der Waals surface area contributed by atoms with Gasteiger partial charge in [-0.2, -0.15) is 0 Å². The summed E-state index contributed by atoms with van der Waals surface area (Å²) in [6.07, 6.45) is 5.26. The highest BCUT2D eigenvalue weighted by atomic mass is 16.5. The fourth-order valence-corrected chi connectivity index (χ4v) is 4.09. The van der Waals surface area contributed by atoms with Crippen LogP contribution in [0.15, 0.2) is 29.3 Å². The molecular formula is C19H23N3O3. The Bertz CT molecular complexity index is 861. The van der Waals surface area contributed by atoms with E-state index in [2.05, 4.69) is 4.98 Å². The third-order valence-corrected chi connectivity index (χ3v) is 5.42. The molecule has 132 valence electrons. The van der Waals surface area contributed by atoms with Crippen LogP contribution in [0.4, 0.5) is 0 Å². The molecule has 1 saturated heterocycles. The number of hydrogen-bond donors (Lipinski definition) is 0. The van der Waals surface area contributed by atoms with Crippen molar-refractivity contribution >= 4 is 16.8 Å². The summed E-state index contributed by atoms with van der Waals surface area (Å²) < 4.78 is 7.31. The number of nitrogens with zero attached hydrogens (tertiary/aromatic N) is 3. The Morgan fingerprint density at radius 1 is 1.36 bits per heavy atom. The third kappa shape index (κ3) is 2.95. The number of aromatic nitrogens is 2. The molecule has 0 unspecified atom stereocenters. The Balaban J connectivity index is 1.49. The van der Waals surface area contributed by atoms with E-state index in [0.29, 0.717) is 31.5 Å². The summed E-state index contributed by atoms with van der Waals surface area (Å²) in [7, 11) is 0. The predicted molar refractivity (Wildman–Crippen MR) is 94.4 cm³/mol. The molecule has 2 atom stereocenters. The van der Waals surface area contributed by atoms with E-state index in [9.17, 15) is 9.59 Å².